The smallest absolute Gasteiger partial charge is 0.224 e. The highest BCUT2D eigenvalue weighted by Gasteiger charge is 2.22. The van der Waals surface area contributed by atoms with Crippen molar-refractivity contribution in [2.45, 2.75) is 32.2 Å². The van der Waals surface area contributed by atoms with Crippen molar-refractivity contribution < 1.29 is 9.53 Å². The second kappa shape index (κ2) is 6.81. The molecule has 0 bridgehead atoms. The van der Waals surface area contributed by atoms with Crippen LogP contribution in [0.5, 0.6) is 0 Å². The van der Waals surface area contributed by atoms with Gasteiger partial charge in [0.1, 0.15) is 5.01 Å². The molecule has 6 nitrogen and oxygen atoms in total. The van der Waals surface area contributed by atoms with Crippen molar-refractivity contribution >= 4 is 22.4 Å². The van der Waals surface area contributed by atoms with Crippen LogP contribution in [0.1, 0.15) is 24.3 Å². The van der Waals surface area contributed by atoms with Crippen LogP contribution in [0.15, 0.2) is 0 Å². The van der Waals surface area contributed by atoms with Crippen molar-refractivity contribution in [1.82, 2.24) is 15.1 Å². The van der Waals surface area contributed by atoms with Gasteiger partial charge in [0.05, 0.1) is 13.0 Å². The van der Waals surface area contributed by atoms with E-state index in [1.54, 1.807) is 18.4 Å². The van der Waals surface area contributed by atoms with Gasteiger partial charge in [-0.3, -0.25) is 4.79 Å². The lowest BCUT2D eigenvalue weighted by Crippen LogP contribution is -2.42. The van der Waals surface area contributed by atoms with Gasteiger partial charge in [-0.1, -0.05) is 11.3 Å². The fourth-order valence-corrected chi connectivity index (χ4v) is 2.82. The molecule has 1 fully saturated rings. The number of nitrogens with one attached hydrogen (secondary N) is 1. The van der Waals surface area contributed by atoms with Gasteiger partial charge in [-0.25, -0.2) is 0 Å². The summed E-state index contributed by atoms with van der Waals surface area (Å²) in [6.07, 6.45) is 2.39. The fourth-order valence-electron chi connectivity index (χ4n) is 2.15. The molecule has 106 valence electrons. The van der Waals surface area contributed by atoms with Gasteiger partial charge < -0.3 is 15.0 Å². The lowest BCUT2D eigenvalue weighted by Gasteiger charge is -2.32. The highest BCUT2D eigenvalue weighted by atomic mass is 32.1. The summed E-state index contributed by atoms with van der Waals surface area (Å²) in [7, 11) is 1.62. The van der Waals surface area contributed by atoms with Crippen LogP contribution in [0.4, 0.5) is 5.13 Å². The number of aromatic nitrogens is 2. The third kappa shape index (κ3) is 4.14. The van der Waals surface area contributed by atoms with E-state index in [4.69, 9.17) is 4.74 Å². The minimum atomic E-state index is 0.187. The molecule has 7 heteroatoms. The Morgan fingerprint density at radius 3 is 2.79 bits per heavy atom. The number of hydrogen-bond donors (Lipinski definition) is 1. The zero-order chi connectivity index (χ0) is 13.7. The molecule has 0 aromatic carbocycles. The number of nitrogens with zero attached hydrogens (tertiary/aromatic N) is 3. The summed E-state index contributed by atoms with van der Waals surface area (Å²) in [5.74, 6) is 0.187. The van der Waals surface area contributed by atoms with Crippen LogP contribution in [0.3, 0.4) is 0 Å². The number of methoxy groups -OCH3 is 1. The fraction of sp³-hybridized carbons (Fsp3) is 0.750. The van der Waals surface area contributed by atoms with Crippen molar-refractivity contribution in [2.24, 2.45) is 0 Å². The Bertz CT molecular complexity index is 416. The molecular formula is C12H20N4O2S. The van der Waals surface area contributed by atoms with E-state index in [0.717, 1.165) is 36.1 Å². The van der Waals surface area contributed by atoms with E-state index >= 15 is 0 Å². The topological polar surface area (TPSA) is 67.3 Å². The molecular weight excluding hydrogens is 264 g/mol. The van der Waals surface area contributed by atoms with Crippen LogP contribution in [0, 0.1) is 6.92 Å². The maximum Gasteiger partial charge on any atom is 0.224 e. The van der Waals surface area contributed by atoms with Crippen LogP contribution in [-0.2, 0) is 9.53 Å². The molecule has 2 rings (SSSR count). The van der Waals surface area contributed by atoms with E-state index in [-0.39, 0.29) is 5.91 Å². The van der Waals surface area contributed by atoms with Gasteiger partial charge >= 0.3 is 0 Å². The lowest BCUT2D eigenvalue weighted by molar-refractivity contribution is -0.133. The van der Waals surface area contributed by atoms with Crippen LogP contribution in [0.25, 0.3) is 0 Å². The van der Waals surface area contributed by atoms with Crippen LogP contribution in [-0.4, -0.2) is 53.9 Å². The Hall–Kier alpha value is -1.21. The number of carbonyl (C=O) groups is 1. The molecule has 0 aliphatic carbocycles. The quantitative estimate of drug-likeness (QED) is 0.882. The molecule has 0 spiro atoms. The van der Waals surface area contributed by atoms with Crippen molar-refractivity contribution in [2.75, 3.05) is 32.1 Å². The maximum atomic E-state index is 11.8. The molecule has 2 heterocycles. The largest absolute Gasteiger partial charge is 0.384 e. The number of amides is 1. The Morgan fingerprint density at radius 1 is 1.47 bits per heavy atom. The molecule has 1 amide bonds. The monoisotopic (exact) mass is 284 g/mol. The summed E-state index contributed by atoms with van der Waals surface area (Å²) in [6.45, 7) is 4.05. The number of ether oxygens (including phenoxy) is 1. The molecule has 0 unspecified atom stereocenters. The Morgan fingerprint density at radius 2 is 2.21 bits per heavy atom. The molecule has 1 N–H and O–H groups in total. The van der Waals surface area contributed by atoms with Crippen LogP contribution >= 0.6 is 11.3 Å². The van der Waals surface area contributed by atoms with Crippen molar-refractivity contribution in [3.63, 3.8) is 0 Å². The number of likely N-dealkylation sites (tertiary alicyclic amines) is 1. The molecule has 1 saturated heterocycles. The predicted molar refractivity (Wildman–Crippen MR) is 74.4 cm³/mol. The van der Waals surface area contributed by atoms with Crippen molar-refractivity contribution in [1.29, 1.82) is 0 Å². The average Bonchev–Trinajstić information content (AvgIpc) is 2.82. The van der Waals surface area contributed by atoms with E-state index in [1.165, 1.54) is 0 Å². The third-order valence-electron chi connectivity index (χ3n) is 3.22. The van der Waals surface area contributed by atoms with Gasteiger partial charge in [-0.15, -0.1) is 10.2 Å². The van der Waals surface area contributed by atoms with Crippen molar-refractivity contribution in [3.05, 3.63) is 5.01 Å². The van der Waals surface area contributed by atoms with Gasteiger partial charge in [0.25, 0.3) is 0 Å². The minimum Gasteiger partial charge on any atom is -0.384 e. The van der Waals surface area contributed by atoms with E-state index in [9.17, 15) is 4.79 Å². The second-order valence-corrected chi connectivity index (χ2v) is 5.85. The third-order valence-corrected chi connectivity index (χ3v) is 3.99. The first kappa shape index (κ1) is 14.2. The number of carbonyl (C=O) groups excluding carboxylic acids is 1. The Kier molecular flexibility index (Phi) is 5.09. The molecule has 1 aliphatic heterocycles. The van der Waals surface area contributed by atoms with Crippen molar-refractivity contribution in [3.8, 4) is 0 Å². The van der Waals surface area contributed by atoms with Crippen LogP contribution in [0.2, 0.25) is 0 Å². The Labute approximate surface area is 117 Å². The number of anilines is 1. The zero-order valence-electron chi connectivity index (χ0n) is 11.4. The normalized spacial score (nSPS) is 16.6. The zero-order valence-corrected chi connectivity index (χ0v) is 12.2. The van der Waals surface area contributed by atoms with E-state index in [2.05, 4.69) is 15.5 Å². The van der Waals surface area contributed by atoms with Gasteiger partial charge in [-0.2, -0.15) is 0 Å². The summed E-state index contributed by atoms with van der Waals surface area (Å²) >= 11 is 1.57. The van der Waals surface area contributed by atoms with E-state index in [1.807, 2.05) is 11.8 Å². The number of hydrogen-bond acceptors (Lipinski definition) is 6. The predicted octanol–water partition coefficient (Wildman–Crippen LogP) is 1.29. The number of aryl methyl sites for hydroxylation is 1. The highest BCUT2D eigenvalue weighted by Crippen LogP contribution is 2.19. The van der Waals surface area contributed by atoms with Gasteiger partial charge in [-0.05, 0) is 19.8 Å². The van der Waals surface area contributed by atoms with Gasteiger partial charge in [0.15, 0.2) is 0 Å². The molecule has 1 aromatic rings. The van der Waals surface area contributed by atoms with Gasteiger partial charge in [0, 0.05) is 26.2 Å². The molecule has 0 atom stereocenters. The SMILES string of the molecule is COCCC(=O)N1CCC(Nc2nnc(C)s2)CC1. The summed E-state index contributed by atoms with van der Waals surface area (Å²) in [6, 6.07) is 0.388. The first-order chi connectivity index (χ1) is 9.19. The molecule has 0 saturated carbocycles. The molecule has 1 aromatic heterocycles. The first-order valence-corrected chi connectivity index (χ1v) is 7.34. The molecule has 0 radical (unpaired) electrons. The van der Waals surface area contributed by atoms with Gasteiger partial charge in [0.2, 0.25) is 11.0 Å². The second-order valence-electron chi connectivity index (χ2n) is 4.67. The highest BCUT2D eigenvalue weighted by molar-refractivity contribution is 7.15. The summed E-state index contributed by atoms with van der Waals surface area (Å²) < 4.78 is 4.93. The average molecular weight is 284 g/mol. The standard InChI is InChI=1S/C12H20N4O2S/c1-9-14-15-12(19-9)13-10-3-6-16(7-4-10)11(17)5-8-18-2/h10H,3-8H2,1-2H3,(H,13,15). The molecule has 1 aliphatic rings. The lowest BCUT2D eigenvalue weighted by atomic mass is 10.1. The van der Waals surface area contributed by atoms with E-state index < -0.39 is 0 Å². The minimum absolute atomic E-state index is 0.187. The Balaban J connectivity index is 1.74. The molecule has 19 heavy (non-hydrogen) atoms. The summed E-state index contributed by atoms with van der Waals surface area (Å²) in [5, 5.41) is 13.3. The summed E-state index contributed by atoms with van der Waals surface area (Å²) in [4.78, 5) is 13.7. The first-order valence-electron chi connectivity index (χ1n) is 6.52. The maximum absolute atomic E-state index is 11.8. The van der Waals surface area contributed by atoms with Crippen LogP contribution < -0.4 is 5.32 Å². The summed E-state index contributed by atoms with van der Waals surface area (Å²) in [5.41, 5.74) is 0. The number of piperidine rings is 1. The van der Waals surface area contributed by atoms with E-state index in [0.29, 0.717) is 19.1 Å². The number of rotatable bonds is 5.